The smallest absolute Gasteiger partial charge is 0.407 e. The standard InChI is InChI=1S/C19H33NO8/c1-18(2,3)28-17(23)20-11(9-7-8-10-12(21)22)13-14(24-6)15-16(25-13)27-19(4,5)26-15/h11,13-16H,7-10H2,1-6H3,(H,20,23)(H,21,22)/t11-,13+,14-,15+,16+/m0/s1. The number of unbranched alkanes of at least 4 members (excludes halogenated alkanes) is 1. The summed E-state index contributed by atoms with van der Waals surface area (Å²) < 4.78 is 28.7. The number of carboxylic acids is 1. The van der Waals surface area contributed by atoms with Crippen LogP contribution in [-0.4, -0.2) is 66.3 Å². The SMILES string of the molecule is CO[C@@H]1[C@H]2OC(C)(C)O[C@H]2O[C@@H]1[C@H](CCCCC(=O)O)NC(=O)OC(C)(C)C. The molecule has 9 nitrogen and oxygen atoms in total. The first-order valence-corrected chi connectivity index (χ1v) is 9.67. The van der Waals surface area contributed by atoms with Crippen molar-refractivity contribution in [2.45, 2.75) is 102 Å². The Kier molecular flexibility index (Phi) is 7.30. The van der Waals surface area contributed by atoms with E-state index in [1.54, 1.807) is 41.7 Å². The van der Waals surface area contributed by atoms with E-state index in [0.29, 0.717) is 19.3 Å². The number of fused-ring (bicyclic) bond motifs is 1. The molecule has 0 saturated carbocycles. The van der Waals surface area contributed by atoms with Crippen LogP contribution < -0.4 is 5.32 Å². The van der Waals surface area contributed by atoms with E-state index in [2.05, 4.69) is 5.32 Å². The summed E-state index contributed by atoms with van der Waals surface area (Å²) >= 11 is 0. The number of alkyl carbamates (subject to hydrolysis) is 1. The lowest BCUT2D eigenvalue weighted by molar-refractivity contribution is -0.219. The van der Waals surface area contributed by atoms with Crippen molar-refractivity contribution in [3.05, 3.63) is 0 Å². The van der Waals surface area contributed by atoms with Crippen molar-refractivity contribution >= 4 is 12.1 Å². The Morgan fingerprint density at radius 1 is 1.21 bits per heavy atom. The second kappa shape index (κ2) is 8.94. The first kappa shape index (κ1) is 22.9. The summed E-state index contributed by atoms with van der Waals surface area (Å²) in [4.78, 5) is 23.1. The van der Waals surface area contributed by atoms with Gasteiger partial charge in [0.05, 0.1) is 6.04 Å². The molecule has 162 valence electrons. The van der Waals surface area contributed by atoms with Gasteiger partial charge in [-0.2, -0.15) is 0 Å². The second-order valence-corrected chi connectivity index (χ2v) is 8.66. The average molecular weight is 403 g/mol. The van der Waals surface area contributed by atoms with Crippen LogP contribution in [0.4, 0.5) is 4.79 Å². The molecule has 2 saturated heterocycles. The van der Waals surface area contributed by atoms with Crippen LogP contribution >= 0.6 is 0 Å². The number of hydrogen-bond acceptors (Lipinski definition) is 7. The molecule has 2 aliphatic heterocycles. The van der Waals surface area contributed by atoms with Gasteiger partial charge in [-0.05, 0) is 47.5 Å². The Morgan fingerprint density at radius 2 is 1.89 bits per heavy atom. The Balaban J connectivity index is 2.06. The fourth-order valence-corrected chi connectivity index (χ4v) is 3.51. The lowest BCUT2D eigenvalue weighted by Gasteiger charge is -2.31. The Labute approximate surface area is 166 Å². The van der Waals surface area contributed by atoms with E-state index in [9.17, 15) is 9.59 Å². The molecular formula is C19H33NO8. The van der Waals surface area contributed by atoms with Crippen molar-refractivity contribution in [3.8, 4) is 0 Å². The largest absolute Gasteiger partial charge is 0.481 e. The molecule has 2 N–H and O–H groups in total. The highest BCUT2D eigenvalue weighted by Gasteiger charge is 2.57. The highest BCUT2D eigenvalue weighted by atomic mass is 16.8. The third-order valence-corrected chi connectivity index (χ3v) is 4.55. The number of carbonyl (C=O) groups is 2. The molecule has 1 amide bonds. The minimum Gasteiger partial charge on any atom is -0.481 e. The molecule has 2 aliphatic rings. The van der Waals surface area contributed by atoms with E-state index in [0.717, 1.165) is 0 Å². The van der Waals surface area contributed by atoms with Crippen molar-refractivity contribution in [2.24, 2.45) is 0 Å². The molecule has 2 heterocycles. The van der Waals surface area contributed by atoms with Crippen molar-refractivity contribution < 1.29 is 38.4 Å². The predicted molar refractivity (Wildman–Crippen MR) is 98.8 cm³/mol. The fraction of sp³-hybridized carbons (Fsp3) is 0.895. The third-order valence-electron chi connectivity index (χ3n) is 4.55. The van der Waals surface area contributed by atoms with Crippen LogP contribution in [0.3, 0.4) is 0 Å². The van der Waals surface area contributed by atoms with Crippen LogP contribution in [0.25, 0.3) is 0 Å². The monoisotopic (exact) mass is 403 g/mol. The third kappa shape index (κ3) is 6.30. The van der Waals surface area contributed by atoms with Gasteiger partial charge in [0.1, 0.15) is 23.9 Å². The summed E-state index contributed by atoms with van der Waals surface area (Å²) in [6.45, 7) is 8.96. The molecule has 0 bridgehead atoms. The molecule has 0 aliphatic carbocycles. The van der Waals surface area contributed by atoms with E-state index in [4.69, 9.17) is 28.8 Å². The summed E-state index contributed by atoms with van der Waals surface area (Å²) in [6.07, 6.45) is -0.818. The number of ether oxygens (including phenoxy) is 5. The van der Waals surface area contributed by atoms with Crippen molar-refractivity contribution in [2.75, 3.05) is 7.11 Å². The normalized spacial score (nSPS) is 29.9. The Hall–Kier alpha value is -1.42. The topological polar surface area (TPSA) is 113 Å². The van der Waals surface area contributed by atoms with Crippen LogP contribution in [0.1, 0.15) is 60.3 Å². The molecule has 0 aromatic heterocycles. The molecule has 9 heteroatoms. The van der Waals surface area contributed by atoms with Crippen LogP contribution in [-0.2, 0) is 28.5 Å². The lowest BCUT2D eigenvalue weighted by Crippen LogP contribution is -2.51. The van der Waals surface area contributed by atoms with Gasteiger partial charge in [-0.25, -0.2) is 4.79 Å². The highest BCUT2D eigenvalue weighted by Crippen LogP contribution is 2.40. The molecule has 0 radical (unpaired) electrons. The van der Waals surface area contributed by atoms with Crippen LogP contribution in [0.15, 0.2) is 0 Å². The molecule has 0 aromatic rings. The molecule has 2 fully saturated rings. The number of methoxy groups -OCH3 is 1. The number of hydrogen-bond donors (Lipinski definition) is 2. The molecule has 0 unspecified atom stereocenters. The fourth-order valence-electron chi connectivity index (χ4n) is 3.51. The zero-order chi connectivity index (χ0) is 21.1. The van der Waals surface area contributed by atoms with Gasteiger partial charge in [0.15, 0.2) is 12.1 Å². The summed E-state index contributed by atoms with van der Waals surface area (Å²) in [7, 11) is 1.56. The Bertz CT molecular complexity index is 559. The van der Waals surface area contributed by atoms with Crippen LogP contribution in [0.5, 0.6) is 0 Å². The molecule has 0 aromatic carbocycles. The summed E-state index contributed by atoms with van der Waals surface area (Å²) in [5.41, 5.74) is -0.637. The van der Waals surface area contributed by atoms with Crippen LogP contribution in [0, 0.1) is 0 Å². The minimum atomic E-state index is -0.845. The summed E-state index contributed by atoms with van der Waals surface area (Å²) in [5, 5.41) is 11.7. The number of aliphatic carboxylic acids is 1. The lowest BCUT2D eigenvalue weighted by atomic mass is 9.98. The van der Waals surface area contributed by atoms with Gasteiger partial charge in [-0.15, -0.1) is 0 Å². The second-order valence-electron chi connectivity index (χ2n) is 8.66. The number of carbonyl (C=O) groups excluding carboxylic acids is 1. The van der Waals surface area contributed by atoms with Crippen LogP contribution in [0.2, 0.25) is 0 Å². The maximum Gasteiger partial charge on any atom is 0.407 e. The van der Waals surface area contributed by atoms with E-state index in [1.807, 2.05) is 0 Å². The van der Waals surface area contributed by atoms with E-state index in [-0.39, 0.29) is 6.42 Å². The zero-order valence-corrected chi connectivity index (χ0v) is 17.5. The predicted octanol–water partition coefficient (Wildman–Crippen LogP) is 2.42. The van der Waals surface area contributed by atoms with Gasteiger partial charge < -0.3 is 34.1 Å². The molecule has 2 rings (SSSR count). The first-order valence-electron chi connectivity index (χ1n) is 9.67. The number of nitrogens with one attached hydrogen (secondary N) is 1. The van der Waals surface area contributed by atoms with Crippen molar-refractivity contribution in [1.29, 1.82) is 0 Å². The van der Waals surface area contributed by atoms with E-state index < -0.39 is 54.1 Å². The van der Waals surface area contributed by atoms with Crippen molar-refractivity contribution in [3.63, 3.8) is 0 Å². The molecule has 5 atom stereocenters. The number of rotatable bonds is 8. The van der Waals surface area contributed by atoms with Gasteiger partial charge in [0, 0.05) is 13.5 Å². The van der Waals surface area contributed by atoms with E-state index >= 15 is 0 Å². The van der Waals surface area contributed by atoms with Gasteiger partial charge in [-0.3, -0.25) is 4.79 Å². The molecular weight excluding hydrogens is 370 g/mol. The maximum atomic E-state index is 12.3. The van der Waals surface area contributed by atoms with E-state index in [1.165, 1.54) is 0 Å². The molecule has 0 spiro atoms. The van der Waals surface area contributed by atoms with Gasteiger partial charge in [0.2, 0.25) is 0 Å². The van der Waals surface area contributed by atoms with Gasteiger partial charge >= 0.3 is 12.1 Å². The molecule has 28 heavy (non-hydrogen) atoms. The van der Waals surface area contributed by atoms with Crippen molar-refractivity contribution in [1.82, 2.24) is 5.32 Å². The number of amides is 1. The zero-order valence-electron chi connectivity index (χ0n) is 17.5. The minimum absolute atomic E-state index is 0.0735. The average Bonchev–Trinajstić information content (AvgIpc) is 2.99. The summed E-state index contributed by atoms with van der Waals surface area (Å²) in [5.74, 6) is -1.62. The van der Waals surface area contributed by atoms with Gasteiger partial charge in [0.25, 0.3) is 0 Å². The summed E-state index contributed by atoms with van der Waals surface area (Å²) in [6, 6.07) is -0.436. The first-order chi connectivity index (χ1) is 12.9. The Morgan fingerprint density at radius 3 is 2.46 bits per heavy atom. The maximum absolute atomic E-state index is 12.3. The van der Waals surface area contributed by atoms with Gasteiger partial charge in [-0.1, -0.05) is 6.42 Å². The number of carboxylic acid groups (broad SMARTS) is 1. The highest BCUT2D eigenvalue weighted by molar-refractivity contribution is 5.68. The quantitative estimate of drug-likeness (QED) is 0.594.